The number of hydrogen-bond acceptors (Lipinski definition) is 3. The van der Waals surface area contributed by atoms with Crippen LogP contribution in [0, 0.1) is 6.92 Å². The lowest BCUT2D eigenvalue weighted by atomic mass is 9.95. The Labute approximate surface area is 105 Å². The van der Waals surface area contributed by atoms with Crippen molar-refractivity contribution in [2.45, 2.75) is 26.4 Å². The first kappa shape index (κ1) is 13.3. The number of aliphatic hydroxyl groups is 1. The Bertz CT molecular complexity index is 394. The fraction of sp³-hybridized carbons (Fsp3) is 0.500. The minimum Gasteiger partial charge on any atom is -0.493 e. The average molecular weight is 289 g/mol. The molecule has 0 fully saturated rings. The first-order valence-corrected chi connectivity index (χ1v) is 5.76. The molecule has 0 saturated carbocycles. The van der Waals surface area contributed by atoms with Gasteiger partial charge in [-0.05, 0) is 48.3 Å². The average Bonchev–Trinajstić information content (AvgIpc) is 2.19. The summed E-state index contributed by atoms with van der Waals surface area (Å²) in [5, 5.41) is 10.2. The van der Waals surface area contributed by atoms with Gasteiger partial charge in [-0.2, -0.15) is 0 Å². The van der Waals surface area contributed by atoms with Crippen LogP contribution in [0.3, 0.4) is 0 Å². The van der Waals surface area contributed by atoms with Crippen LogP contribution in [0.2, 0.25) is 0 Å². The van der Waals surface area contributed by atoms with Crippen LogP contribution in [0.25, 0.3) is 0 Å². The number of benzene rings is 1. The molecule has 0 spiro atoms. The van der Waals surface area contributed by atoms with Gasteiger partial charge in [0.2, 0.25) is 0 Å². The van der Waals surface area contributed by atoms with Crippen molar-refractivity contribution in [1.82, 2.24) is 0 Å². The normalized spacial score (nSPS) is 11.4. The van der Waals surface area contributed by atoms with Gasteiger partial charge in [-0.25, -0.2) is 0 Å². The van der Waals surface area contributed by atoms with E-state index in [-0.39, 0.29) is 0 Å². The van der Waals surface area contributed by atoms with E-state index in [1.807, 2.05) is 13.0 Å². The van der Waals surface area contributed by atoms with E-state index in [0.717, 1.165) is 10.0 Å². The van der Waals surface area contributed by atoms with Crippen molar-refractivity contribution in [3.8, 4) is 11.5 Å². The van der Waals surface area contributed by atoms with E-state index < -0.39 is 5.60 Å². The van der Waals surface area contributed by atoms with Gasteiger partial charge in [0.05, 0.1) is 19.8 Å². The van der Waals surface area contributed by atoms with E-state index in [1.165, 1.54) is 0 Å². The molecular weight excluding hydrogens is 272 g/mol. The topological polar surface area (TPSA) is 38.7 Å². The quantitative estimate of drug-likeness (QED) is 0.929. The first-order valence-electron chi connectivity index (χ1n) is 4.96. The summed E-state index contributed by atoms with van der Waals surface area (Å²) in [5.74, 6) is 1.19. The fourth-order valence-corrected chi connectivity index (χ4v) is 2.43. The van der Waals surface area contributed by atoms with Gasteiger partial charge >= 0.3 is 0 Å². The molecule has 0 heterocycles. The molecule has 0 bridgehead atoms. The monoisotopic (exact) mass is 288 g/mol. The summed E-state index contributed by atoms with van der Waals surface area (Å²) in [6.45, 7) is 5.38. The van der Waals surface area contributed by atoms with Gasteiger partial charge in [-0.15, -0.1) is 0 Å². The summed E-state index contributed by atoms with van der Waals surface area (Å²) in [4.78, 5) is 0. The summed E-state index contributed by atoms with van der Waals surface area (Å²) in [6.07, 6.45) is 0. The van der Waals surface area contributed by atoms with Crippen LogP contribution >= 0.6 is 15.9 Å². The van der Waals surface area contributed by atoms with E-state index in [4.69, 9.17) is 9.47 Å². The smallest absolute Gasteiger partial charge is 0.167 e. The van der Waals surface area contributed by atoms with Gasteiger partial charge in [0, 0.05) is 10.0 Å². The number of ether oxygens (including phenoxy) is 2. The highest BCUT2D eigenvalue weighted by Gasteiger charge is 2.28. The Morgan fingerprint density at radius 3 is 2.19 bits per heavy atom. The lowest BCUT2D eigenvalue weighted by Crippen LogP contribution is -2.18. The van der Waals surface area contributed by atoms with Crippen molar-refractivity contribution in [2.24, 2.45) is 0 Å². The van der Waals surface area contributed by atoms with Crippen LogP contribution < -0.4 is 9.47 Å². The molecule has 1 aromatic rings. The third-order valence-electron chi connectivity index (χ3n) is 2.40. The molecule has 0 saturated heterocycles. The van der Waals surface area contributed by atoms with Crippen LogP contribution in [-0.4, -0.2) is 19.3 Å². The second-order valence-corrected chi connectivity index (χ2v) is 4.97. The zero-order chi connectivity index (χ0) is 12.5. The number of methoxy groups -OCH3 is 2. The highest BCUT2D eigenvalue weighted by Crippen LogP contribution is 2.43. The second kappa shape index (κ2) is 4.63. The van der Waals surface area contributed by atoms with Gasteiger partial charge in [0.25, 0.3) is 0 Å². The van der Waals surface area contributed by atoms with Gasteiger partial charge in [-0.3, -0.25) is 0 Å². The molecule has 3 nitrogen and oxygen atoms in total. The fourth-order valence-electron chi connectivity index (χ4n) is 1.65. The molecule has 1 rings (SSSR count). The molecule has 1 N–H and O–H groups in total. The number of halogens is 1. The summed E-state index contributed by atoms with van der Waals surface area (Å²) in [5.41, 5.74) is 0.699. The lowest BCUT2D eigenvalue weighted by Gasteiger charge is -2.25. The van der Waals surface area contributed by atoms with Crippen molar-refractivity contribution in [2.75, 3.05) is 14.2 Å². The highest BCUT2D eigenvalue weighted by molar-refractivity contribution is 9.10. The van der Waals surface area contributed by atoms with Crippen LogP contribution in [0.15, 0.2) is 10.5 Å². The van der Waals surface area contributed by atoms with E-state index >= 15 is 0 Å². The van der Waals surface area contributed by atoms with Crippen molar-refractivity contribution in [1.29, 1.82) is 0 Å². The first-order chi connectivity index (χ1) is 7.32. The summed E-state index contributed by atoms with van der Waals surface area (Å²) >= 11 is 3.48. The Morgan fingerprint density at radius 2 is 1.81 bits per heavy atom. The summed E-state index contributed by atoms with van der Waals surface area (Å²) in [7, 11) is 3.15. The van der Waals surface area contributed by atoms with Crippen molar-refractivity contribution >= 4 is 15.9 Å². The molecule has 0 aliphatic carbocycles. The summed E-state index contributed by atoms with van der Waals surface area (Å²) < 4.78 is 11.4. The molecule has 0 unspecified atom stereocenters. The van der Waals surface area contributed by atoms with E-state index in [9.17, 15) is 5.11 Å². The maximum absolute atomic E-state index is 10.2. The third kappa shape index (κ3) is 2.33. The molecule has 1 aromatic carbocycles. The van der Waals surface area contributed by atoms with Gasteiger partial charge < -0.3 is 14.6 Å². The minimum absolute atomic E-state index is 0.562. The predicted molar refractivity (Wildman–Crippen MR) is 67.2 cm³/mol. The van der Waals surface area contributed by atoms with Crippen LogP contribution in [-0.2, 0) is 5.60 Å². The Balaban J connectivity index is 3.60. The third-order valence-corrected chi connectivity index (χ3v) is 3.42. The second-order valence-electron chi connectivity index (χ2n) is 4.18. The highest BCUT2D eigenvalue weighted by atomic mass is 79.9. The van der Waals surface area contributed by atoms with Crippen LogP contribution in [0.5, 0.6) is 11.5 Å². The molecular formula is C12H17BrO3. The number of rotatable bonds is 3. The van der Waals surface area contributed by atoms with Gasteiger partial charge in [0.1, 0.15) is 0 Å². The molecule has 0 aromatic heterocycles. The molecule has 4 heteroatoms. The molecule has 0 atom stereocenters. The molecule has 0 radical (unpaired) electrons. The van der Waals surface area contributed by atoms with Crippen molar-refractivity contribution < 1.29 is 14.6 Å². The molecule has 90 valence electrons. The zero-order valence-corrected chi connectivity index (χ0v) is 11.8. The van der Waals surface area contributed by atoms with Gasteiger partial charge in [0.15, 0.2) is 11.5 Å². The molecule has 16 heavy (non-hydrogen) atoms. The largest absolute Gasteiger partial charge is 0.493 e. The minimum atomic E-state index is -0.997. The molecule has 0 aliphatic heterocycles. The Morgan fingerprint density at radius 1 is 1.25 bits per heavy atom. The SMILES string of the molecule is COc1cc(C)c(Br)c(C(C)(C)O)c1OC. The number of aryl methyl sites for hydroxylation is 1. The molecule has 0 amide bonds. The van der Waals surface area contributed by atoms with Crippen LogP contribution in [0.1, 0.15) is 25.0 Å². The maximum Gasteiger partial charge on any atom is 0.167 e. The Kier molecular flexibility index (Phi) is 3.86. The lowest BCUT2D eigenvalue weighted by molar-refractivity contribution is 0.0742. The van der Waals surface area contributed by atoms with Crippen LogP contribution in [0.4, 0.5) is 0 Å². The van der Waals surface area contributed by atoms with Gasteiger partial charge in [-0.1, -0.05) is 0 Å². The molecule has 0 aliphatic rings. The standard InChI is InChI=1S/C12H17BrO3/c1-7-6-8(15-4)11(16-5)9(10(7)13)12(2,3)14/h6,14H,1-5H3. The van der Waals surface area contributed by atoms with Crippen molar-refractivity contribution in [3.63, 3.8) is 0 Å². The van der Waals surface area contributed by atoms with Crippen molar-refractivity contribution in [3.05, 3.63) is 21.7 Å². The maximum atomic E-state index is 10.2. The number of hydrogen-bond donors (Lipinski definition) is 1. The van der Waals surface area contributed by atoms with E-state index in [2.05, 4.69) is 15.9 Å². The van der Waals surface area contributed by atoms with E-state index in [0.29, 0.717) is 17.1 Å². The predicted octanol–water partition coefficient (Wildman–Crippen LogP) is 3.00. The zero-order valence-electron chi connectivity index (χ0n) is 10.2. The summed E-state index contributed by atoms with van der Waals surface area (Å²) in [6, 6.07) is 1.87. The Hall–Kier alpha value is -0.740. The van der Waals surface area contributed by atoms with E-state index in [1.54, 1.807) is 28.1 Å².